The van der Waals surface area contributed by atoms with E-state index in [4.69, 9.17) is 16.7 Å². The first kappa shape index (κ1) is 14.1. The van der Waals surface area contributed by atoms with Gasteiger partial charge in [-0.3, -0.25) is 9.36 Å². The number of hydrogen-bond acceptors (Lipinski definition) is 3. The lowest BCUT2D eigenvalue weighted by atomic mass is 10.2. The number of halogens is 1. The van der Waals surface area contributed by atoms with Crippen LogP contribution in [0.1, 0.15) is 17.1 Å². The Balaban J connectivity index is 2.08. The molecule has 0 unspecified atom stereocenters. The molecule has 1 N–H and O–H groups in total. The monoisotopic (exact) mass is 303 g/mol. The maximum Gasteiger partial charge on any atom is 0.0866 e. The first-order chi connectivity index (χ1) is 10.1. The fourth-order valence-electron chi connectivity index (χ4n) is 2.61. The predicted octanol–water partition coefficient (Wildman–Crippen LogP) is 2.50. The van der Waals surface area contributed by atoms with E-state index in [1.807, 2.05) is 42.5 Å². The number of aromatic nitrogens is 4. The minimum atomic E-state index is 0.612. The second-order valence-corrected chi connectivity index (χ2v) is 5.50. The van der Waals surface area contributed by atoms with Crippen molar-refractivity contribution >= 4 is 22.5 Å². The summed E-state index contributed by atoms with van der Waals surface area (Å²) in [6, 6.07) is 8.24. The largest absolute Gasteiger partial charge is 0.314 e. The fourth-order valence-corrected chi connectivity index (χ4v) is 2.83. The summed E-state index contributed by atoms with van der Waals surface area (Å²) < 4.78 is 3.82. The van der Waals surface area contributed by atoms with Crippen molar-refractivity contribution in [3.05, 3.63) is 46.4 Å². The Bertz CT molecular complexity index is 787. The molecule has 2 aromatic heterocycles. The van der Waals surface area contributed by atoms with Crippen LogP contribution < -0.4 is 5.32 Å². The van der Waals surface area contributed by atoms with Gasteiger partial charge in [0, 0.05) is 19.0 Å². The van der Waals surface area contributed by atoms with Crippen molar-refractivity contribution in [1.82, 2.24) is 24.9 Å². The zero-order chi connectivity index (χ0) is 15.0. The van der Waals surface area contributed by atoms with Gasteiger partial charge in [-0.1, -0.05) is 29.8 Å². The van der Waals surface area contributed by atoms with Gasteiger partial charge in [0.15, 0.2) is 0 Å². The van der Waals surface area contributed by atoms with Crippen molar-refractivity contribution in [3.63, 3.8) is 0 Å². The normalized spacial score (nSPS) is 11.4. The van der Waals surface area contributed by atoms with Crippen LogP contribution in [0.4, 0.5) is 0 Å². The van der Waals surface area contributed by atoms with E-state index in [1.165, 1.54) is 5.39 Å². The van der Waals surface area contributed by atoms with E-state index in [0.29, 0.717) is 11.6 Å². The summed E-state index contributed by atoms with van der Waals surface area (Å²) >= 11 is 6.35. The fraction of sp³-hybridized carbons (Fsp3) is 0.333. The summed E-state index contributed by atoms with van der Waals surface area (Å²) in [6.45, 7) is 3.27. The Morgan fingerprint density at radius 3 is 2.67 bits per heavy atom. The smallest absolute Gasteiger partial charge is 0.0866 e. The number of aryl methyl sites for hydroxylation is 2. The molecular weight excluding hydrogens is 286 g/mol. The highest BCUT2D eigenvalue weighted by Crippen LogP contribution is 2.23. The number of nitrogens with one attached hydrogen (secondary N) is 1. The van der Waals surface area contributed by atoms with Crippen LogP contribution in [0.2, 0.25) is 5.02 Å². The Hall–Kier alpha value is -1.85. The van der Waals surface area contributed by atoms with Crippen LogP contribution in [0.3, 0.4) is 0 Å². The number of rotatable bonds is 4. The molecule has 3 rings (SSSR count). The molecule has 0 fully saturated rings. The SMILES string of the molecule is CNCc1nn(Cc2c(Cl)c(C)nn2C)c2ccccc12. The maximum atomic E-state index is 6.35. The molecule has 0 saturated heterocycles. The Kier molecular flexibility index (Phi) is 3.69. The third-order valence-corrected chi connectivity index (χ3v) is 4.13. The Morgan fingerprint density at radius 2 is 2.00 bits per heavy atom. The summed E-state index contributed by atoms with van der Waals surface area (Å²) in [6.07, 6.45) is 0. The molecule has 6 heteroatoms. The molecule has 0 aliphatic heterocycles. The van der Waals surface area contributed by atoms with Crippen molar-refractivity contribution in [3.8, 4) is 0 Å². The minimum Gasteiger partial charge on any atom is -0.314 e. The molecule has 21 heavy (non-hydrogen) atoms. The molecule has 2 heterocycles. The molecule has 0 amide bonds. The van der Waals surface area contributed by atoms with Crippen LogP contribution in [0.15, 0.2) is 24.3 Å². The molecule has 0 aliphatic carbocycles. The number of fused-ring (bicyclic) bond motifs is 1. The zero-order valence-corrected chi connectivity index (χ0v) is 13.1. The van der Waals surface area contributed by atoms with Gasteiger partial charge in [-0.15, -0.1) is 0 Å². The van der Waals surface area contributed by atoms with E-state index in [2.05, 4.69) is 22.5 Å². The van der Waals surface area contributed by atoms with E-state index >= 15 is 0 Å². The summed E-state index contributed by atoms with van der Waals surface area (Å²) in [5, 5.41) is 14.1. The highest BCUT2D eigenvalue weighted by Gasteiger charge is 2.15. The van der Waals surface area contributed by atoms with E-state index < -0.39 is 0 Å². The van der Waals surface area contributed by atoms with E-state index in [9.17, 15) is 0 Å². The summed E-state index contributed by atoms with van der Waals surface area (Å²) in [7, 11) is 3.84. The van der Waals surface area contributed by atoms with Gasteiger partial charge in [-0.2, -0.15) is 10.2 Å². The quantitative estimate of drug-likeness (QED) is 0.805. The number of nitrogens with zero attached hydrogens (tertiary/aromatic N) is 4. The lowest BCUT2D eigenvalue weighted by Crippen LogP contribution is -2.09. The average molecular weight is 304 g/mol. The minimum absolute atomic E-state index is 0.612. The van der Waals surface area contributed by atoms with Gasteiger partial charge in [0.2, 0.25) is 0 Å². The van der Waals surface area contributed by atoms with Gasteiger partial charge < -0.3 is 5.32 Å². The molecule has 0 saturated carbocycles. The lowest BCUT2D eigenvalue weighted by Gasteiger charge is -2.05. The van der Waals surface area contributed by atoms with Gasteiger partial charge in [-0.25, -0.2) is 0 Å². The molecule has 1 aromatic carbocycles. The number of benzene rings is 1. The highest BCUT2D eigenvalue weighted by atomic mass is 35.5. The molecule has 0 bridgehead atoms. The summed E-state index contributed by atoms with van der Waals surface area (Å²) in [5.41, 5.74) is 3.97. The van der Waals surface area contributed by atoms with E-state index in [1.54, 1.807) is 0 Å². The van der Waals surface area contributed by atoms with Crippen LogP contribution in [0.5, 0.6) is 0 Å². The topological polar surface area (TPSA) is 47.7 Å². The van der Waals surface area contributed by atoms with Crippen molar-refractivity contribution in [2.75, 3.05) is 7.05 Å². The molecule has 3 aromatic rings. The second-order valence-electron chi connectivity index (χ2n) is 5.12. The first-order valence-corrected chi connectivity index (χ1v) is 7.26. The molecule has 0 aliphatic rings. The highest BCUT2D eigenvalue weighted by molar-refractivity contribution is 6.31. The zero-order valence-electron chi connectivity index (χ0n) is 12.4. The van der Waals surface area contributed by atoms with Crippen LogP contribution in [-0.2, 0) is 20.1 Å². The van der Waals surface area contributed by atoms with Crippen molar-refractivity contribution in [2.24, 2.45) is 7.05 Å². The summed E-state index contributed by atoms with van der Waals surface area (Å²) in [5.74, 6) is 0. The number of hydrogen-bond donors (Lipinski definition) is 1. The average Bonchev–Trinajstić information content (AvgIpc) is 2.93. The summed E-state index contributed by atoms with van der Waals surface area (Å²) in [4.78, 5) is 0. The Morgan fingerprint density at radius 1 is 1.24 bits per heavy atom. The lowest BCUT2D eigenvalue weighted by molar-refractivity contribution is 0.620. The molecule has 0 spiro atoms. The van der Waals surface area contributed by atoms with Gasteiger partial charge in [0.05, 0.1) is 34.2 Å². The second kappa shape index (κ2) is 5.50. The molecule has 0 radical (unpaired) electrons. The molecule has 110 valence electrons. The van der Waals surface area contributed by atoms with E-state index in [-0.39, 0.29) is 0 Å². The van der Waals surface area contributed by atoms with Crippen LogP contribution in [0.25, 0.3) is 10.9 Å². The van der Waals surface area contributed by atoms with Crippen LogP contribution >= 0.6 is 11.6 Å². The predicted molar refractivity (Wildman–Crippen MR) is 84.6 cm³/mol. The van der Waals surface area contributed by atoms with Gasteiger partial charge >= 0.3 is 0 Å². The van der Waals surface area contributed by atoms with Crippen LogP contribution in [-0.4, -0.2) is 26.6 Å². The standard InChI is InChI=1S/C15H18ClN5/c1-10-15(16)14(20(3)18-10)9-21-13-7-5-4-6-11(13)12(19-21)8-17-2/h4-7,17H,8-9H2,1-3H3. The van der Waals surface area contributed by atoms with Gasteiger partial charge in [-0.05, 0) is 20.0 Å². The van der Waals surface area contributed by atoms with Crippen molar-refractivity contribution in [2.45, 2.75) is 20.0 Å². The third-order valence-electron chi connectivity index (χ3n) is 3.64. The Labute approximate surface area is 128 Å². The molecule has 0 atom stereocenters. The van der Waals surface area contributed by atoms with Gasteiger partial charge in [0.1, 0.15) is 0 Å². The molecular formula is C15H18ClN5. The van der Waals surface area contributed by atoms with Crippen molar-refractivity contribution in [1.29, 1.82) is 0 Å². The van der Waals surface area contributed by atoms with Crippen molar-refractivity contribution < 1.29 is 0 Å². The maximum absolute atomic E-state index is 6.35. The molecule has 5 nitrogen and oxygen atoms in total. The third kappa shape index (κ3) is 2.43. The van der Waals surface area contributed by atoms with Gasteiger partial charge in [0.25, 0.3) is 0 Å². The first-order valence-electron chi connectivity index (χ1n) is 6.88. The van der Waals surface area contributed by atoms with E-state index in [0.717, 1.165) is 29.1 Å². The van der Waals surface area contributed by atoms with Crippen LogP contribution in [0, 0.1) is 6.92 Å². The number of para-hydroxylation sites is 1.